The second-order valence-electron chi connectivity index (χ2n) is 3.71. The minimum absolute atomic E-state index is 0.720. The quantitative estimate of drug-likeness (QED) is 0.891. The Balaban J connectivity index is 2.74. The summed E-state index contributed by atoms with van der Waals surface area (Å²) in [6.45, 7) is 7.97. The fourth-order valence-corrected chi connectivity index (χ4v) is 1.99. The second kappa shape index (κ2) is 6.26. The maximum Gasteiger partial charge on any atom is 0.0249 e. The minimum atomic E-state index is 0.720. The molecule has 1 rings (SSSR count). The van der Waals surface area contributed by atoms with Crippen molar-refractivity contribution in [3.05, 3.63) is 33.8 Å². The van der Waals surface area contributed by atoms with Crippen molar-refractivity contribution in [3.8, 4) is 0 Å². The van der Waals surface area contributed by atoms with Crippen molar-refractivity contribution in [2.75, 3.05) is 19.6 Å². The van der Waals surface area contributed by atoms with Gasteiger partial charge in [0, 0.05) is 24.1 Å². The minimum Gasteiger partial charge on any atom is -0.329 e. The first kappa shape index (κ1) is 12.7. The average Bonchev–Trinajstić information content (AvgIpc) is 2.24. The number of halogens is 1. The van der Waals surface area contributed by atoms with Gasteiger partial charge in [-0.1, -0.05) is 41.1 Å². The van der Waals surface area contributed by atoms with Crippen LogP contribution in [0.3, 0.4) is 0 Å². The summed E-state index contributed by atoms with van der Waals surface area (Å²) in [6.07, 6.45) is 0. The molecule has 0 radical (unpaired) electrons. The molecular weight excluding hydrogens is 252 g/mol. The van der Waals surface area contributed by atoms with Crippen molar-refractivity contribution in [3.63, 3.8) is 0 Å². The third-order valence-corrected chi connectivity index (χ3v) is 3.69. The standard InChI is InChI=1S/C12H19BrN2/c1-3-15(8-7-14)9-11-6-4-5-10(2)12(11)13/h4-6H,3,7-9,14H2,1-2H3. The van der Waals surface area contributed by atoms with Crippen LogP contribution in [0, 0.1) is 6.92 Å². The number of hydrogen-bond donors (Lipinski definition) is 1. The van der Waals surface area contributed by atoms with Gasteiger partial charge in [-0.05, 0) is 24.6 Å². The number of rotatable bonds is 5. The predicted octanol–water partition coefficient (Wildman–Crippen LogP) is 2.54. The number of likely N-dealkylation sites (N-methyl/N-ethyl adjacent to an activating group) is 1. The molecule has 2 nitrogen and oxygen atoms in total. The van der Waals surface area contributed by atoms with E-state index in [2.05, 4.69) is 52.9 Å². The van der Waals surface area contributed by atoms with Crippen LogP contribution < -0.4 is 5.73 Å². The molecule has 0 heterocycles. The van der Waals surface area contributed by atoms with E-state index in [-0.39, 0.29) is 0 Å². The monoisotopic (exact) mass is 270 g/mol. The van der Waals surface area contributed by atoms with E-state index < -0.39 is 0 Å². The molecule has 0 saturated carbocycles. The van der Waals surface area contributed by atoms with Crippen LogP contribution in [0.1, 0.15) is 18.1 Å². The molecule has 0 fully saturated rings. The summed E-state index contributed by atoms with van der Waals surface area (Å²) in [5.41, 5.74) is 8.20. The third-order valence-electron chi connectivity index (χ3n) is 2.56. The lowest BCUT2D eigenvalue weighted by molar-refractivity contribution is 0.287. The molecule has 0 bridgehead atoms. The molecule has 15 heavy (non-hydrogen) atoms. The zero-order chi connectivity index (χ0) is 11.3. The SMILES string of the molecule is CCN(CCN)Cc1cccc(C)c1Br. The highest BCUT2D eigenvalue weighted by Crippen LogP contribution is 2.22. The highest BCUT2D eigenvalue weighted by molar-refractivity contribution is 9.10. The lowest BCUT2D eigenvalue weighted by Gasteiger charge is -2.20. The molecule has 0 saturated heterocycles. The first-order valence-electron chi connectivity index (χ1n) is 5.35. The van der Waals surface area contributed by atoms with Crippen LogP contribution in [0.25, 0.3) is 0 Å². The summed E-state index contributed by atoms with van der Waals surface area (Å²) >= 11 is 3.63. The second-order valence-corrected chi connectivity index (χ2v) is 4.50. The van der Waals surface area contributed by atoms with Crippen LogP contribution in [0.15, 0.2) is 22.7 Å². The number of benzene rings is 1. The summed E-state index contributed by atoms with van der Waals surface area (Å²) in [6, 6.07) is 6.38. The zero-order valence-electron chi connectivity index (χ0n) is 9.46. The van der Waals surface area contributed by atoms with Gasteiger partial charge in [-0.15, -0.1) is 0 Å². The molecule has 84 valence electrons. The van der Waals surface area contributed by atoms with Gasteiger partial charge in [0.25, 0.3) is 0 Å². The van der Waals surface area contributed by atoms with E-state index in [1.807, 2.05) is 0 Å². The van der Waals surface area contributed by atoms with Crippen molar-refractivity contribution in [2.45, 2.75) is 20.4 Å². The molecule has 0 aliphatic rings. The van der Waals surface area contributed by atoms with Gasteiger partial charge < -0.3 is 5.73 Å². The molecule has 0 aliphatic heterocycles. The van der Waals surface area contributed by atoms with Crippen molar-refractivity contribution in [1.29, 1.82) is 0 Å². The Bertz CT molecular complexity index is 312. The van der Waals surface area contributed by atoms with Crippen LogP contribution in [0.2, 0.25) is 0 Å². The Hall–Kier alpha value is -0.380. The smallest absolute Gasteiger partial charge is 0.0249 e. The van der Waals surface area contributed by atoms with Crippen molar-refractivity contribution >= 4 is 15.9 Å². The topological polar surface area (TPSA) is 29.3 Å². The molecule has 1 aromatic rings. The van der Waals surface area contributed by atoms with Crippen molar-refractivity contribution in [2.24, 2.45) is 5.73 Å². The molecule has 0 atom stereocenters. The summed E-state index contributed by atoms with van der Waals surface area (Å²) in [5, 5.41) is 0. The fourth-order valence-electron chi connectivity index (χ4n) is 1.60. The van der Waals surface area contributed by atoms with E-state index in [1.54, 1.807) is 0 Å². The molecule has 0 aromatic heterocycles. The highest BCUT2D eigenvalue weighted by Gasteiger charge is 2.06. The van der Waals surface area contributed by atoms with Gasteiger partial charge in [-0.25, -0.2) is 0 Å². The molecule has 0 spiro atoms. The van der Waals surface area contributed by atoms with E-state index >= 15 is 0 Å². The van der Waals surface area contributed by atoms with E-state index in [9.17, 15) is 0 Å². The Labute approximate surface area is 101 Å². The fraction of sp³-hybridized carbons (Fsp3) is 0.500. The van der Waals surface area contributed by atoms with Crippen LogP contribution in [0.5, 0.6) is 0 Å². The number of nitrogens with zero attached hydrogens (tertiary/aromatic N) is 1. The Morgan fingerprint density at radius 1 is 1.40 bits per heavy atom. The lowest BCUT2D eigenvalue weighted by atomic mass is 10.1. The van der Waals surface area contributed by atoms with Crippen LogP contribution in [0.4, 0.5) is 0 Å². The normalized spacial score (nSPS) is 11.0. The van der Waals surface area contributed by atoms with Crippen LogP contribution >= 0.6 is 15.9 Å². The van der Waals surface area contributed by atoms with Gasteiger partial charge in [0.1, 0.15) is 0 Å². The molecule has 1 aromatic carbocycles. The Morgan fingerprint density at radius 3 is 2.73 bits per heavy atom. The molecular formula is C12H19BrN2. The summed E-state index contributed by atoms with van der Waals surface area (Å²) < 4.78 is 1.22. The van der Waals surface area contributed by atoms with Gasteiger partial charge in [0.15, 0.2) is 0 Å². The van der Waals surface area contributed by atoms with Gasteiger partial charge in [0.2, 0.25) is 0 Å². The maximum atomic E-state index is 5.57. The van der Waals surface area contributed by atoms with Gasteiger partial charge in [-0.3, -0.25) is 4.90 Å². The average molecular weight is 271 g/mol. The Morgan fingerprint density at radius 2 is 2.13 bits per heavy atom. The molecule has 0 amide bonds. The predicted molar refractivity (Wildman–Crippen MR) is 68.9 cm³/mol. The van der Waals surface area contributed by atoms with E-state index in [0.29, 0.717) is 0 Å². The lowest BCUT2D eigenvalue weighted by Crippen LogP contribution is -2.29. The maximum absolute atomic E-state index is 5.57. The van der Waals surface area contributed by atoms with Crippen molar-refractivity contribution < 1.29 is 0 Å². The first-order valence-corrected chi connectivity index (χ1v) is 6.14. The molecule has 3 heteroatoms. The van der Waals surface area contributed by atoms with Gasteiger partial charge in [0.05, 0.1) is 0 Å². The first-order chi connectivity index (χ1) is 7.19. The number of nitrogens with two attached hydrogens (primary N) is 1. The zero-order valence-corrected chi connectivity index (χ0v) is 11.0. The van der Waals surface area contributed by atoms with Crippen LogP contribution in [-0.4, -0.2) is 24.5 Å². The van der Waals surface area contributed by atoms with Crippen LogP contribution in [-0.2, 0) is 6.54 Å². The number of hydrogen-bond acceptors (Lipinski definition) is 2. The molecule has 0 unspecified atom stereocenters. The van der Waals surface area contributed by atoms with E-state index in [1.165, 1.54) is 15.6 Å². The summed E-state index contributed by atoms with van der Waals surface area (Å²) in [4.78, 5) is 2.35. The van der Waals surface area contributed by atoms with Gasteiger partial charge in [-0.2, -0.15) is 0 Å². The molecule has 0 aliphatic carbocycles. The summed E-state index contributed by atoms with van der Waals surface area (Å²) in [7, 11) is 0. The van der Waals surface area contributed by atoms with E-state index in [0.717, 1.165) is 26.2 Å². The Kier molecular flexibility index (Phi) is 5.29. The third kappa shape index (κ3) is 3.59. The highest BCUT2D eigenvalue weighted by atomic mass is 79.9. The largest absolute Gasteiger partial charge is 0.329 e. The van der Waals surface area contributed by atoms with E-state index in [4.69, 9.17) is 5.73 Å². The van der Waals surface area contributed by atoms with Gasteiger partial charge >= 0.3 is 0 Å². The number of aryl methyl sites for hydroxylation is 1. The molecule has 2 N–H and O–H groups in total. The van der Waals surface area contributed by atoms with Crippen molar-refractivity contribution in [1.82, 2.24) is 4.90 Å². The summed E-state index contributed by atoms with van der Waals surface area (Å²) in [5.74, 6) is 0.